The van der Waals surface area contributed by atoms with Gasteiger partial charge in [0.15, 0.2) is 0 Å². The maximum absolute atomic E-state index is 2.47. The van der Waals surface area contributed by atoms with Crippen molar-refractivity contribution in [3.63, 3.8) is 0 Å². The highest BCUT2D eigenvalue weighted by Gasteiger charge is 2.38. The number of hydrogen-bond donors (Lipinski definition) is 0. The first-order valence-electron chi connectivity index (χ1n) is 8.33. The Balaban J connectivity index is 1.39. The summed E-state index contributed by atoms with van der Waals surface area (Å²) in [7, 11) is 0. The van der Waals surface area contributed by atoms with E-state index in [0.29, 0.717) is 0 Å². The Bertz CT molecular complexity index is 524. The van der Waals surface area contributed by atoms with Crippen LogP contribution in [0, 0.1) is 23.7 Å². The minimum absolute atomic E-state index is 0.805. The summed E-state index contributed by atoms with van der Waals surface area (Å²) in [5, 5.41) is 0. The number of rotatable bonds is 2. The molecule has 0 saturated heterocycles. The van der Waals surface area contributed by atoms with Gasteiger partial charge in [0.05, 0.1) is 0 Å². The van der Waals surface area contributed by atoms with Gasteiger partial charge in [0, 0.05) is 0 Å². The van der Waals surface area contributed by atoms with Crippen LogP contribution >= 0.6 is 0 Å². The summed E-state index contributed by atoms with van der Waals surface area (Å²) >= 11 is 0. The van der Waals surface area contributed by atoms with Gasteiger partial charge < -0.3 is 0 Å². The van der Waals surface area contributed by atoms with E-state index >= 15 is 0 Å². The quantitative estimate of drug-likeness (QED) is 0.655. The van der Waals surface area contributed by atoms with Crippen molar-refractivity contribution in [1.29, 1.82) is 0 Å². The molecule has 0 aliphatic heterocycles. The summed E-state index contributed by atoms with van der Waals surface area (Å²) in [6, 6.07) is 9.74. The van der Waals surface area contributed by atoms with E-state index in [1.165, 1.54) is 25.7 Å². The molecule has 4 bridgehead atoms. The lowest BCUT2D eigenvalue weighted by atomic mass is 9.83. The van der Waals surface area contributed by atoms with E-state index in [2.05, 4.69) is 48.6 Å². The van der Waals surface area contributed by atoms with Crippen LogP contribution in [0.2, 0.25) is 0 Å². The van der Waals surface area contributed by atoms with Gasteiger partial charge in [0.1, 0.15) is 0 Å². The van der Waals surface area contributed by atoms with Gasteiger partial charge in [-0.15, -0.1) is 0 Å². The molecule has 0 aromatic heterocycles. The first-order chi connectivity index (χ1) is 9.87. The molecule has 0 radical (unpaired) electrons. The first-order valence-corrected chi connectivity index (χ1v) is 8.33. The zero-order chi connectivity index (χ0) is 13.1. The molecule has 0 N–H and O–H groups in total. The molecule has 0 spiro atoms. The second kappa shape index (κ2) is 4.10. The average molecular weight is 262 g/mol. The smallest absolute Gasteiger partial charge is 0.00932 e. The van der Waals surface area contributed by atoms with Gasteiger partial charge in [0.25, 0.3) is 0 Å². The van der Waals surface area contributed by atoms with Crippen molar-refractivity contribution in [1.82, 2.24) is 0 Å². The van der Waals surface area contributed by atoms with Crippen LogP contribution in [0.25, 0.3) is 0 Å². The Morgan fingerprint density at radius 2 is 1.00 bits per heavy atom. The minimum Gasteiger partial charge on any atom is -0.0851 e. The molecular weight excluding hydrogens is 240 g/mol. The lowest BCUT2D eigenvalue weighted by Gasteiger charge is -2.21. The monoisotopic (exact) mass is 262 g/mol. The molecule has 1 aromatic carbocycles. The Morgan fingerprint density at radius 1 is 0.550 bits per heavy atom. The van der Waals surface area contributed by atoms with Gasteiger partial charge in [-0.2, -0.15) is 0 Å². The average Bonchev–Trinajstić information content (AvgIpc) is 3.27. The van der Waals surface area contributed by atoms with E-state index in [1.807, 2.05) is 0 Å². The van der Waals surface area contributed by atoms with Crippen LogP contribution in [0.15, 0.2) is 48.6 Å². The molecular formula is C20H22. The third-order valence-corrected chi connectivity index (χ3v) is 6.35. The molecule has 1 aromatic rings. The van der Waals surface area contributed by atoms with Crippen molar-refractivity contribution in [2.75, 3.05) is 0 Å². The second-order valence-electron chi connectivity index (χ2n) is 7.44. The third kappa shape index (κ3) is 1.60. The highest BCUT2D eigenvalue weighted by molar-refractivity contribution is 5.34. The SMILES string of the molecule is C1=C[C@@H]2C[C@H]1CC2c1ccc(C2C[C@H]3C=C[C@@H]2C3)cc1. The van der Waals surface area contributed by atoms with Crippen LogP contribution in [0.3, 0.4) is 0 Å². The topological polar surface area (TPSA) is 0 Å². The Morgan fingerprint density at radius 3 is 1.30 bits per heavy atom. The van der Waals surface area contributed by atoms with Crippen LogP contribution < -0.4 is 0 Å². The van der Waals surface area contributed by atoms with Gasteiger partial charge in [-0.3, -0.25) is 0 Å². The summed E-state index contributed by atoms with van der Waals surface area (Å²) in [4.78, 5) is 0. The van der Waals surface area contributed by atoms with Gasteiger partial charge in [-0.1, -0.05) is 48.6 Å². The molecule has 0 amide bonds. The van der Waals surface area contributed by atoms with Crippen LogP contribution in [0.5, 0.6) is 0 Å². The fourth-order valence-corrected chi connectivity index (χ4v) is 5.32. The molecule has 6 atom stereocenters. The van der Waals surface area contributed by atoms with Gasteiger partial charge in [0.2, 0.25) is 0 Å². The van der Waals surface area contributed by atoms with E-state index in [4.69, 9.17) is 0 Å². The number of fused-ring (bicyclic) bond motifs is 4. The minimum atomic E-state index is 0.805. The first kappa shape index (κ1) is 11.4. The second-order valence-corrected chi connectivity index (χ2v) is 7.44. The molecule has 0 heterocycles. The van der Waals surface area contributed by atoms with Crippen molar-refractivity contribution >= 4 is 0 Å². The lowest BCUT2D eigenvalue weighted by Crippen LogP contribution is -2.07. The standard InChI is InChI=1S/C20H22/c1-3-17-9-13(1)11-19(17)15-5-7-16(8-6-15)20-12-14-2-4-18(20)10-14/h1-8,13-14,17-20H,9-12H2/t13-,14-,17+,18+,19?,20?/m0/s1. The molecule has 4 aliphatic carbocycles. The van der Waals surface area contributed by atoms with E-state index in [-0.39, 0.29) is 0 Å². The molecule has 5 rings (SSSR count). The highest BCUT2D eigenvalue weighted by atomic mass is 14.4. The molecule has 20 heavy (non-hydrogen) atoms. The van der Waals surface area contributed by atoms with Crippen molar-refractivity contribution in [3.05, 3.63) is 59.7 Å². The Kier molecular flexibility index (Phi) is 2.33. The van der Waals surface area contributed by atoms with Crippen molar-refractivity contribution in [2.45, 2.75) is 37.5 Å². The number of hydrogen-bond acceptors (Lipinski definition) is 0. The number of allylic oxidation sites excluding steroid dienone is 4. The van der Waals surface area contributed by atoms with Gasteiger partial charge in [-0.25, -0.2) is 0 Å². The highest BCUT2D eigenvalue weighted by Crippen LogP contribution is 2.50. The van der Waals surface area contributed by atoms with Crippen molar-refractivity contribution < 1.29 is 0 Å². The third-order valence-electron chi connectivity index (χ3n) is 6.35. The predicted molar refractivity (Wildman–Crippen MR) is 82.6 cm³/mol. The summed E-state index contributed by atoms with van der Waals surface area (Å²) in [5.74, 6) is 5.02. The van der Waals surface area contributed by atoms with Crippen LogP contribution in [-0.2, 0) is 0 Å². The number of benzene rings is 1. The van der Waals surface area contributed by atoms with Gasteiger partial charge in [-0.05, 0) is 72.3 Å². The summed E-state index contributed by atoms with van der Waals surface area (Å²) in [6.45, 7) is 0. The normalized spacial score (nSPS) is 43.8. The Labute approximate surface area is 121 Å². The lowest BCUT2D eigenvalue weighted by molar-refractivity contribution is 0.576. The van der Waals surface area contributed by atoms with E-state index in [9.17, 15) is 0 Å². The molecule has 2 saturated carbocycles. The van der Waals surface area contributed by atoms with Gasteiger partial charge >= 0.3 is 0 Å². The van der Waals surface area contributed by atoms with Crippen LogP contribution in [0.4, 0.5) is 0 Å². The fourth-order valence-electron chi connectivity index (χ4n) is 5.32. The van der Waals surface area contributed by atoms with E-state index in [1.54, 1.807) is 11.1 Å². The van der Waals surface area contributed by atoms with Crippen molar-refractivity contribution in [2.24, 2.45) is 23.7 Å². The summed E-state index contributed by atoms with van der Waals surface area (Å²) in [6.07, 6.45) is 15.4. The molecule has 4 aliphatic rings. The molecule has 2 fully saturated rings. The molecule has 0 heteroatoms. The van der Waals surface area contributed by atoms with E-state index < -0.39 is 0 Å². The summed E-state index contributed by atoms with van der Waals surface area (Å²) < 4.78 is 0. The molecule has 2 unspecified atom stereocenters. The zero-order valence-corrected chi connectivity index (χ0v) is 11.9. The van der Waals surface area contributed by atoms with Crippen molar-refractivity contribution in [3.8, 4) is 0 Å². The maximum Gasteiger partial charge on any atom is -0.00932 e. The molecule has 0 nitrogen and oxygen atoms in total. The summed E-state index contributed by atoms with van der Waals surface area (Å²) in [5.41, 5.74) is 3.17. The fraction of sp³-hybridized carbons (Fsp3) is 0.500. The van der Waals surface area contributed by atoms with Crippen LogP contribution in [-0.4, -0.2) is 0 Å². The van der Waals surface area contributed by atoms with E-state index in [0.717, 1.165) is 35.5 Å². The predicted octanol–water partition coefficient (Wildman–Crippen LogP) is 5.05. The maximum atomic E-state index is 2.47. The molecule has 102 valence electrons. The Hall–Kier alpha value is -1.30. The van der Waals surface area contributed by atoms with Crippen LogP contribution in [0.1, 0.15) is 48.6 Å². The largest absolute Gasteiger partial charge is 0.0851 e. The zero-order valence-electron chi connectivity index (χ0n) is 11.9.